The molecule has 5 rings (SSSR count). The third-order valence-electron chi connectivity index (χ3n) is 7.37. The van der Waals surface area contributed by atoms with Gasteiger partial charge in [-0.15, -0.1) is 0 Å². The van der Waals surface area contributed by atoms with Crippen molar-refractivity contribution in [1.82, 2.24) is 0 Å². The van der Waals surface area contributed by atoms with E-state index in [4.69, 9.17) is 4.74 Å². The molecule has 5 nitrogen and oxygen atoms in total. The highest BCUT2D eigenvalue weighted by molar-refractivity contribution is 5.94. The Balaban J connectivity index is 1.65. The molecule has 0 radical (unpaired) electrons. The molecule has 1 aliphatic heterocycles. The molecular weight excluding hydrogens is 366 g/mol. The lowest BCUT2D eigenvalue weighted by Crippen LogP contribution is -2.37. The van der Waals surface area contributed by atoms with Crippen molar-refractivity contribution in [2.75, 3.05) is 12.4 Å². The van der Waals surface area contributed by atoms with Crippen LogP contribution in [0.5, 0.6) is 0 Å². The summed E-state index contributed by atoms with van der Waals surface area (Å²) in [4.78, 5) is 23.8. The first-order valence-corrected chi connectivity index (χ1v) is 10.3. The third kappa shape index (κ3) is 2.67. The maximum absolute atomic E-state index is 12.5. The molecule has 2 fully saturated rings. The van der Waals surface area contributed by atoms with Crippen molar-refractivity contribution >= 4 is 17.6 Å². The molecule has 0 spiro atoms. The maximum Gasteiger partial charge on any atom is 0.338 e. The molecule has 5 unspecified atom stereocenters. The third-order valence-corrected chi connectivity index (χ3v) is 7.37. The fourth-order valence-electron chi connectivity index (χ4n) is 6.19. The van der Waals surface area contributed by atoms with E-state index in [0.717, 1.165) is 22.4 Å². The highest BCUT2D eigenvalue weighted by Crippen LogP contribution is 2.64. The van der Waals surface area contributed by atoms with Gasteiger partial charge in [-0.25, -0.2) is 9.59 Å². The molecule has 1 heterocycles. The number of carbonyl (C=O) groups excluding carboxylic acids is 1. The van der Waals surface area contributed by atoms with Gasteiger partial charge in [0, 0.05) is 5.69 Å². The van der Waals surface area contributed by atoms with Gasteiger partial charge in [-0.2, -0.15) is 0 Å². The van der Waals surface area contributed by atoms with E-state index in [9.17, 15) is 14.7 Å². The zero-order chi connectivity index (χ0) is 20.3. The summed E-state index contributed by atoms with van der Waals surface area (Å²) < 4.78 is 5.10. The normalized spacial score (nSPS) is 29.0. The highest BCUT2D eigenvalue weighted by Gasteiger charge is 2.55. The SMILES string of the molecule is COC(=O)c1ccc(C)c2c1C1C3CCC(C3)C1C(c1ccc(C(=O)O)cc1)N2. The number of esters is 1. The number of carboxylic acids is 1. The quantitative estimate of drug-likeness (QED) is 0.737. The summed E-state index contributed by atoms with van der Waals surface area (Å²) in [5, 5.41) is 13.0. The predicted octanol–water partition coefficient (Wildman–Crippen LogP) is 4.78. The van der Waals surface area contributed by atoms with Crippen LogP contribution in [0, 0.1) is 24.7 Å². The maximum atomic E-state index is 12.5. The van der Waals surface area contributed by atoms with Crippen molar-refractivity contribution in [2.45, 2.75) is 38.1 Å². The van der Waals surface area contributed by atoms with Gasteiger partial charge in [0.25, 0.3) is 0 Å². The molecule has 2 aliphatic carbocycles. The summed E-state index contributed by atoms with van der Waals surface area (Å²) in [6.45, 7) is 2.07. The summed E-state index contributed by atoms with van der Waals surface area (Å²) in [7, 11) is 1.44. The molecule has 2 N–H and O–H groups in total. The lowest BCUT2D eigenvalue weighted by molar-refractivity contribution is 0.0596. The Bertz CT molecular complexity index is 997. The highest BCUT2D eigenvalue weighted by atomic mass is 16.5. The van der Waals surface area contributed by atoms with Gasteiger partial charge < -0.3 is 15.2 Å². The van der Waals surface area contributed by atoms with Crippen molar-refractivity contribution in [2.24, 2.45) is 17.8 Å². The molecule has 0 amide bonds. The molecule has 5 heteroatoms. The second kappa shape index (κ2) is 6.61. The number of hydrogen-bond donors (Lipinski definition) is 2. The minimum Gasteiger partial charge on any atom is -0.478 e. The molecular formula is C24H25NO4. The Morgan fingerprint density at radius 2 is 1.79 bits per heavy atom. The second-order valence-electron chi connectivity index (χ2n) is 8.70. The number of aromatic carboxylic acids is 1. The van der Waals surface area contributed by atoms with Crippen molar-refractivity contribution in [3.05, 3.63) is 64.2 Å². The number of ether oxygens (including phenoxy) is 1. The molecule has 3 aliphatic rings. The lowest BCUT2D eigenvalue weighted by Gasteiger charge is -2.44. The van der Waals surface area contributed by atoms with Gasteiger partial charge in [-0.1, -0.05) is 18.2 Å². The monoisotopic (exact) mass is 391 g/mol. The van der Waals surface area contributed by atoms with Crippen LogP contribution in [-0.4, -0.2) is 24.2 Å². The topological polar surface area (TPSA) is 75.6 Å². The van der Waals surface area contributed by atoms with E-state index in [-0.39, 0.29) is 12.0 Å². The van der Waals surface area contributed by atoms with Crippen molar-refractivity contribution in [3.8, 4) is 0 Å². The van der Waals surface area contributed by atoms with Crippen LogP contribution in [0.4, 0.5) is 5.69 Å². The molecule has 29 heavy (non-hydrogen) atoms. The molecule has 150 valence electrons. The van der Waals surface area contributed by atoms with Gasteiger partial charge in [0.15, 0.2) is 0 Å². The van der Waals surface area contributed by atoms with E-state index in [0.29, 0.717) is 34.8 Å². The number of fused-ring (bicyclic) bond motifs is 7. The van der Waals surface area contributed by atoms with Crippen molar-refractivity contribution in [3.63, 3.8) is 0 Å². The molecule has 2 aromatic rings. The van der Waals surface area contributed by atoms with Gasteiger partial charge >= 0.3 is 11.9 Å². The number of anilines is 1. The van der Waals surface area contributed by atoms with Gasteiger partial charge in [0.2, 0.25) is 0 Å². The Morgan fingerprint density at radius 3 is 2.48 bits per heavy atom. The molecule has 2 aromatic carbocycles. The van der Waals surface area contributed by atoms with Gasteiger partial charge in [0.05, 0.1) is 24.3 Å². The number of rotatable bonds is 3. The molecule has 2 bridgehead atoms. The molecule has 5 atom stereocenters. The summed E-state index contributed by atoms with van der Waals surface area (Å²) >= 11 is 0. The van der Waals surface area contributed by atoms with Crippen LogP contribution in [0.15, 0.2) is 36.4 Å². The van der Waals surface area contributed by atoms with E-state index in [1.54, 1.807) is 12.1 Å². The Kier molecular flexibility index (Phi) is 4.16. The van der Waals surface area contributed by atoms with E-state index < -0.39 is 5.97 Å². The van der Waals surface area contributed by atoms with Gasteiger partial charge in [-0.3, -0.25) is 0 Å². The lowest BCUT2D eigenvalue weighted by atomic mass is 9.66. The van der Waals surface area contributed by atoms with Crippen LogP contribution in [-0.2, 0) is 4.74 Å². The van der Waals surface area contributed by atoms with Crippen LogP contribution >= 0.6 is 0 Å². The number of hydrogen-bond acceptors (Lipinski definition) is 4. The first kappa shape index (κ1) is 18.2. The molecule has 0 saturated heterocycles. The average molecular weight is 391 g/mol. The van der Waals surface area contributed by atoms with E-state index >= 15 is 0 Å². The van der Waals surface area contributed by atoms with Crippen LogP contribution in [0.25, 0.3) is 0 Å². The van der Waals surface area contributed by atoms with Crippen molar-refractivity contribution < 1.29 is 19.4 Å². The van der Waals surface area contributed by atoms with Crippen LogP contribution in [0.1, 0.15) is 68.6 Å². The predicted molar refractivity (Wildman–Crippen MR) is 109 cm³/mol. The fourth-order valence-corrected chi connectivity index (χ4v) is 6.19. The van der Waals surface area contributed by atoms with Crippen LogP contribution < -0.4 is 5.32 Å². The Morgan fingerprint density at radius 1 is 1.07 bits per heavy atom. The van der Waals surface area contributed by atoms with Crippen LogP contribution in [0.3, 0.4) is 0 Å². The van der Waals surface area contributed by atoms with Crippen molar-refractivity contribution in [1.29, 1.82) is 0 Å². The molecule has 2 saturated carbocycles. The first-order chi connectivity index (χ1) is 14.0. The van der Waals surface area contributed by atoms with E-state index in [2.05, 4.69) is 12.2 Å². The zero-order valence-corrected chi connectivity index (χ0v) is 16.6. The molecule has 0 aromatic heterocycles. The minimum atomic E-state index is -0.908. The largest absolute Gasteiger partial charge is 0.478 e. The van der Waals surface area contributed by atoms with Gasteiger partial charge in [-0.05, 0) is 84.7 Å². The smallest absolute Gasteiger partial charge is 0.338 e. The Labute approximate surface area is 170 Å². The summed E-state index contributed by atoms with van der Waals surface area (Å²) in [6.07, 6.45) is 3.64. The number of benzene rings is 2. The summed E-state index contributed by atoms with van der Waals surface area (Å²) in [5.74, 6) is 0.784. The first-order valence-electron chi connectivity index (χ1n) is 10.3. The van der Waals surface area contributed by atoms with E-state index in [1.807, 2.05) is 24.3 Å². The Hall–Kier alpha value is -2.82. The van der Waals surface area contributed by atoms with Gasteiger partial charge in [0.1, 0.15) is 0 Å². The second-order valence-corrected chi connectivity index (χ2v) is 8.70. The number of methoxy groups -OCH3 is 1. The van der Waals surface area contributed by atoms with E-state index in [1.165, 1.54) is 26.4 Å². The van der Waals surface area contributed by atoms with Crippen LogP contribution in [0.2, 0.25) is 0 Å². The number of nitrogens with one attached hydrogen (secondary N) is 1. The standard InChI is InChI=1S/C24H25NO4/c1-12-3-10-17(24(28)29-2)20-18-15-8-9-16(11-15)19(18)22(25-21(12)20)13-4-6-14(7-5-13)23(26)27/h3-7,10,15-16,18-19,22,25H,8-9,11H2,1-2H3,(H,26,27). The number of aryl methyl sites for hydroxylation is 1. The number of carbonyl (C=O) groups is 2. The summed E-state index contributed by atoms with van der Waals surface area (Å²) in [5.41, 5.74) is 5.41. The minimum absolute atomic E-state index is 0.122. The average Bonchev–Trinajstić information content (AvgIpc) is 3.36. The summed E-state index contributed by atoms with van der Waals surface area (Å²) in [6, 6.07) is 11.3. The zero-order valence-electron chi connectivity index (χ0n) is 16.6. The number of carboxylic acid groups (broad SMARTS) is 1. The fraction of sp³-hybridized carbons (Fsp3) is 0.417.